The van der Waals surface area contributed by atoms with Crippen LogP contribution in [0.25, 0.3) is 5.69 Å². The molecule has 8 nitrogen and oxygen atoms in total. The molecule has 134 valence electrons. The van der Waals surface area contributed by atoms with Gasteiger partial charge in [-0.25, -0.2) is 0 Å². The van der Waals surface area contributed by atoms with E-state index in [2.05, 4.69) is 10.2 Å². The van der Waals surface area contributed by atoms with Gasteiger partial charge in [0, 0.05) is 19.2 Å². The zero-order chi connectivity index (χ0) is 18.4. The number of hydrogen-bond acceptors (Lipinski definition) is 6. The lowest BCUT2D eigenvalue weighted by atomic mass is 10.1. The second-order valence-electron chi connectivity index (χ2n) is 6.48. The van der Waals surface area contributed by atoms with Gasteiger partial charge in [-0.3, -0.25) is 24.3 Å². The molecular formula is C18H18N4O4. The lowest BCUT2D eigenvalue weighted by Crippen LogP contribution is -2.37. The quantitative estimate of drug-likeness (QED) is 0.666. The molecule has 1 fully saturated rings. The Morgan fingerprint density at radius 1 is 1.04 bits per heavy atom. The number of hydrogen-bond donors (Lipinski definition) is 3. The molecule has 0 atom stereocenters. The van der Waals surface area contributed by atoms with Crippen molar-refractivity contribution >= 4 is 23.3 Å². The number of aromatic nitrogens is 1. The Hall–Kier alpha value is -3.13. The molecule has 0 radical (unpaired) electrons. The second kappa shape index (κ2) is 5.99. The summed E-state index contributed by atoms with van der Waals surface area (Å²) in [5, 5.41) is 11.9. The second-order valence-corrected chi connectivity index (χ2v) is 6.48. The van der Waals surface area contributed by atoms with Crippen molar-refractivity contribution in [2.45, 2.75) is 18.9 Å². The molecule has 0 unspecified atom stereocenters. The Balaban J connectivity index is 1.88. The first kappa shape index (κ1) is 16.3. The number of aliphatic hydroxyl groups is 1. The number of nitrogens with one attached hydrogen (secondary N) is 1. The predicted molar refractivity (Wildman–Crippen MR) is 95.7 cm³/mol. The zero-order valence-electron chi connectivity index (χ0n) is 13.9. The van der Waals surface area contributed by atoms with Gasteiger partial charge in [0.2, 0.25) is 0 Å². The van der Waals surface area contributed by atoms with E-state index in [1.165, 1.54) is 4.57 Å². The molecule has 2 aromatic rings. The number of nitrogens with zero attached hydrogens (tertiary/aromatic N) is 2. The molecule has 4 N–H and O–H groups in total. The van der Waals surface area contributed by atoms with Crippen LogP contribution < -0.4 is 21.5 Å². The number of aliphatic hydroxyl groups excluding tert-OH is 1. The molecule has 8 heteroatoms. The largest absolute Gasteiger partial charge is 0.393 e. The molecule has 1 saturated heterocycles. The number of fused-ring (bicyclic) bond motifs is 1. The minimum absolute atomic E-state index is 0.00678. The Morgan fingerprint density at radius 3 is 2.38 bits per heavy atom. The molecule has 3 heterocycles. The number of nitrogens with two attached hydrogens (primary N) is 1. The van der Waals surface area contributed by atoms with E-state index in [4.69, 9.17) is 5.73 Å². The van der Waals surface area contributed by atoms with Gasteiger partial charge < -0.3 is 15.7 Å². The molecule has 0 saturated carbocycles. The fourth-order valence-electron chi connectivity index (χ4n) is 3.56. The number of carbonyl (C=O) groups is 2. The molecule has 2 aliphatic heterocycles. The lowest BCUT2D eigenvalue weighted by Gasteiger charge is -2.33. The van der Waals surface area contributed by atoms with Crippen molar-refractivity contribution in [2.24, 2.45) is 0 Å². The summed E-state index contributed by atoms with van der Waals surface area (Å²) in [7, 11) is 0. The third kappa shape index (κ3) is 2.46. The normalized spacial score (nSPS) is 17.3. The molecule has 0 aliphatic carbocycles. The van der Waals surface area contributed by atoms with Gasteiger partial charge in [0.15, 0.2) is 0 Å². The molecule has 1 aromatic carbocycles. The maximum Gasteiger partial charge on any atom is 0.262 e. The number of nitrogen functional groups attached to an aromatic ring is 1. The fourth-order valence-corrected chi connectivity index (χ4v) is 3.56. The highest BCUT2D eigenvalue weighted by Crippen LogP contribution is 2.30. The third-order valence-electron chi connectivity index (χ3n) is 4.88. The molecule has 26 heavy (non-hydrogen) atoms. The molecule has 2 aliphatic rings. The minimum Gasteiger partial charge on any atom is -0.393 e. The first-order chi connectivity index (χ1) is 12.5. The van der Waals surface area contributed by atoms with Crippen molar-refractivity contribution in [1.82, 2.24) is 9.88 Å². The van der Waals surface area contributed by atoms with Gasteiger partial charge >= 0.3 is 0 Å². The van der Waals surface area contributed by atoms with Crippen LogP contribution in [-0.2, 0) is 0 Å². The number of amides is 2. The maximum atomic E-state index is 12.7. The SMILES string of the molecule is Nc1c2c(cc(=O)n1-c1ccccc1N1CCC(O)CC1)C(=O)NC2=O. The van der Waals surface area contributed by atoms with Gasteiger partial charge in [0.1, 0.15) is 5.82 Å². The highest BCUT2D eigenvalue weighted by molar-refractivity contribution is 6.23. The standard InChI is InChI=1S/C18H18N4O4/c19-16-15-11(17(25)20-18(15)26)9-14(24)22(16)13-4-2-1-3-12(13)21-7-5-10(23)6-8-21/h1-4,9-10,23H,5-8,19H2,(H,20,25,26). The van der Waals surface area contributed by atoms with E-state index < -0.39 is 17.4 Å². The molecular weight excluding hydrogens is 336 g/mol. The monoisotopic (exact) mass is 354 g/mol. The number of rotatable bonds is 2. The van der Waals surface area contributed by atoms with E-state index in [0.717, 1.165) is 11.8 Å². The summed E-state index contributed by atoms with van der Waals surface area (Å²) in [6.07, 6.45) is 0.959. The highest BCUT2D eigenvalue weighted by Gasteiger charge is 2.32. The van der Waals surface area contributed by atoms with Crippen molar-refractivity contribution in [3.63, 3.8) is 0 Å². The Labute approximate surface area is 148 Å². The summed E-state index contributed by atoms with van der Waals surface area (Å²) < 4.78 is 1.26. The van der Waals surface area contributed by atoms with Gasteiger partial charge in [-0.05, 0) is 25.0 Å². The number of imide groups is 1. The van der Waals surface area contributed by atoms with Crippen LogP contribution in [0.3, 0.4) is 0 Å². The van der Waals surface area contributed by atoms with Gasteiger partial charge in [0.25, 0.3) is 17.4 Å². The molecule has 1 aromatic heterocycles. The van der Waals surface area contributed by atoms with Gasteiger partial charge in [-0.15, -0.1) is 0 Å². The summed E-state index contributed by atoms with van der Waals surface area (Å²) in [6, 6.07) is 8.40. The zero-order valence-corrected chi connectivity index (χ0v) is 13.9. The molecule has 0 spiro atoms. The lowest BCUT2D eigenvalue weighted by molar-refractivity contribution is 0.0880. The third-order valence-corrected chi connectivity index (χ3v) is 4.88. The molecule has 0 bridgehead atoms. The summed E-state index contributed by atoms with van der Waals surface area (Å²) in [6.45, 7) is 1.30. The first-order valence-corrected chi connectivity index (χ1v) is 8.41. The van der Waals surface area contributed by atoms with E-state index in [-0.39, 0.29) is 23.0 Å². The van der Waals surface area contributed by atoms with Gasteiger partial charge in [-0.2, -0.15) is 0 Å². The van der Waals surface area contributed by atoms with E-state index in [1.807, 2.05) is 12.1 Å². The van der Waals surface area contributed by atoms with Crippen LogP contribution in [0, 0.1) is 0 Å². The number of anilines is 2. The van der Waals surface area contributed by atoms with Crippen molar-refractivity contribution in [3.8, 4) is 5.69 Å². The molecule has 2 amide bonds. The number of benzene rings is 1. The van der Waals surface area contributed by atoms with Crippen LogP contribution in [0.2, 0.25) is 0 Å². The van der Waals surface area contributed by atoms with Crippen molar-refractivity contribution in [2.75, 3.05) is 23.7 Å². The van der Waals surface area contributed by atoms with Crippen molar-refractivity contribution < 1.29 is 14.7 Å². The Morgan fingerprint density at radius 2 is 1.69 bits per heavy atom. The molecule has 4 rings (SSSR count). The van der Waals surface area contributed by atoms with E-state index in [1.54, 1.807) is 12.1 Å². The fraction of sp³-hybridized carbons (Fsp3) is 0.278. The van der Waals surface area contributed by atoms with Gasteiger partial charge in [0.05, 0.1) is 28.6 Å². The summed E-state index contributed by atoms with van der Waals surface area (Å²) in [5.74, 6) is -1.27. The van der Waals surface area contributed by atoms with Crippen LogP contribution in [0.15, 0.2) is 35.1 Å². The highest BCUT2D eigenvalue weighted by atomic mass is 16.3. The summed E-state index contributed by atoms with van der Waals surface area (Å²) >= 11 is 0. The van der Waals surface area contributed by atoms with Crippen LogP contribution >= 0.6 is 0 Å². The Bertz CT molecular complexity index is 974. The average Bonchev–Trinajstić information content (AvgIpc) is 2.90. The minimum atomic E-state index is -0.612. The van der Waals surface area contributed by atoms with Crippen molar-refractivity contribution in [1.29, 1.82) is 0 Å². The van der Waals surface area contributed by atoms with Crippen molar-refractivity contribution in [3.05, 3.63) is 51.8 Å². The smallest absolute Gasteiger partial charge is 0.262 e. The summed E-state index contributed by atoms with van der Waals surface area (Å²) in [5.41, 5.74) is 7.02. The van der Waals surface area contributed by atoms with Gasteiger partial charge in [-0.1, -0.05) is 12.1 Å². The topological polar surface area (TPSA) is 118 Å². The Kier molecular flexibility index (Phi) is 3.77. The van der Waals surface area contributed by atoms with E-state index >= 15 is 0 Å². The number of carbonyl (C=O) groups excluding carboxylic acids is 2. The average molecular weight is 354 g/mol. The number of para-hydroxylation sites is 2. The maximum absolute atomic E-state index is 12.7. The first-order valence-electron chi connectivity index (χ1n) is 8.41. The van der Waals surface area contributed by atoms with Crippen LogP contribution in [0.1, 0.15) is 33.6 Å². The number of piperidine rings is 1. The van der Waals surface area contributed by atoms with Crippen LogP contribution in [0.4, 0.5) is 11.5 Å². The van der Waals surface area contributed by atoms with Crippen LogP contribution in [-0.4, -0.2) is 40.7 Å². The summed E-state index contributed by atoms with van der Waals surface area (Å²) in [4.78, 5) is 38.6. The number of pyridine rings is 1. The van der Waals surface area contributed by atoms with Crippen LogP contribution in [0.5, 0.6) is 0 Å². The van der Waals surface area contributed by atoms with E-state index in [9.17, 15) is 19.5 Å². The van der Waals surface area contributed by atoms with E-state index in [0.29, 0.717) is 31.6 Å². The predicted octanol–water partition coefficient (Wildman–Crippen LogP) is 0.264.